The Morgan fingerprint density at radius 3 is 2.79 bits per heavy atom. The molecule has 0 aromatic carbocycles. The second-order valence-electron chi connectivity index (χ2n) is 3.69. The van der Waals surface area contributed by atoms with Gasteiger partial charge in [0.1, 0.15) is 0 Å². The van der Waals surface area contributed by atoms with E-state index in [1.54, 1.807) is 11.9 Å². The predicted octanol–water partition coefficient (Wildman–Crippen LogP) is 0.664. The van der Waals surface area contributed by atoms with Crippen molar-refractivity contribution < 1.29 is 14.3 Å². The topological polar surface area (TPSA) is 46.6 Å². The summed E-state index contributed by atoms with van der Waals surface area (Å²) in [5, 5.41) is 0. The van der Waals surface area contributed by atoms with Gasteiger partial charge in [-0.3, -0.25) is 9.59 Å². The molecule has 0 radical (unpaired) electrons. The van der Waals surface area contributed by atoms with Gasteiger partial charge in [0, 0.05) is 13.6 Å². The summed E-state index contributed by atoms with van der Waals surface area (Å²) < 4.78 is 4.70. The van der Waals surface area contributed by atoms with E-state index < -0.39 is 0 Å². The molecule has 1 aliphatic heterocycles. The lowest BCUT2D eigenvalue weighted by molar-refractivity contribution is -0.156. The van der Waals surface area contributed by atoms with Crippen LogP contribution in [-0.2, 0) is 14.3 Å². The number of likely N-dealkylation sites (tertiary alicyclic amines) is 1. The zero-order valence-corrected chi connectivity index (χ0v) is 8.95. The number of piperidine rings is 1. The van der Waals surface area contributed by atoms with E-state index in [0.29, 0.717) is 19.4 Å². The van der Waals surface area contributed by atoms with Gasteiger partial charge in [-0.25, -0.2) is 0 Å². The molecular weight excluding hydrogens is 182 g/mol. The lowest BCUT2D eigenvalue weighted by Gasteiger charge is -2.33. The summed E-state index contributed by atoms with van der Waals surface area (Å²) in [6.07, 6.45) is 1.41. The second-order valence-corrected chi connectivity index (χ2v) is 3.69. The van der Waals surface area contributed by atoms with E-state index in [1.807, 2.05) is 6.92 Å². The molecule has 1 saturated heterocycles. The molecule has 0 N–H and O–H groups in total. The first kappa shape index (κ1) is 11.0. The lowest BCUT2D eigenvalue weighted by Crippen LogP contribution is -2.45. The molecule has 4 heteroatoms. The highest BCUT2D eigenvalue weighted by atomic mass is 16.5. The fourth-order valence-electron chi connectivity index (χ4n) is 1.99. The predicted molar refractivity (Wildman–Crippen MR) is 51.5 cm³/mol. The van der Waals surface area contributed by atoms with Crippen LogP contribution in [0, 0.1) is 11.8 Å². The quantitative estimate of drug-likeness (QED) is 0.614. The van der Waals surface area contributed by atoms with E-state index in [0.717, 1.165) is 0 Å². The van der Waals surface area contributed by atoms with Crippen LogP contribution < -0.4 is 0 Å². The van der Waals surface area contributed by atoms with Crippen LogP contribution in [0.3, 0.4) is 0 Å². The first-order valence-electron chi connectivity index (χ1n) is 4.94. The van der Waals surface area contributed by atoms with Gasteiger partial charge < -0.3 is 9.64 Å². The van der Waals surface area contributed by atoms with Crippen LogP contribution in [0.1, 0.15) is 19.8 Å². The van der Waals surface area contributed by atoms with Crippen molar-refractivity contribution in [3.63, 3.8) is 0 Å². The Bertz CT molecular complexity index is 240. The van der Waals surface area contributed by atoms with E-state index in [9.17, 15) is 9.59 Å². The van der Waals surface area contributed by atoms with Crippen LogP contribution in [0.5, 0.6) is 0 Å². The monoisotopic (exact) mass is 199 g/mol. The van der Waals surface area contributed by atoms with Crippen molar-refractivity contribution in [1.29, 1.82) is 0 Å². The first-order valence-corrected chi connectivity index (χ1v) is 4.94. The number of hydrogen-bond acceptors (Lipinski definition) is 3. The molecule has 1 amide bonds. The summed E-state index contributed by atoms with van der Waals surface area (Å²) in [7, 11) is 3.15. The van der Waals surface area contributed by atoms with Gasteiger partial charge in [0.25, 0.3) is 0 Å². The number of hydrogen-bond donors (Lipinski definition) is 0. The molecule has 14 heavy (non-hydrogen) atoms. The Kier molecular flexibility index (Phi) is 3.49. The molecule has 1 fully saturated rings. The van der Waals surface area contributed by atoms with E-state index in [2.05, 4.69) is 0 Å². The molecule has 1 rings (SSSR count). The van der Waals surface area contributed by atoms with Crippen molar-refractivity contribution in [2.75, 3.05) is 20.7 Å². The van der Waals surface area contributed by atoms with Gasteiger partial charge in [-0.05, 0) is 12.8 Å². The summed E-state index contributed by atoms with van der Waals surface area (Å²) in [6, 6.07) is 0. The van der Waals surface area contributed by atoms with Crippen LogP contribution in [0.15, 0.2) is 0 Å². The molecule has 1 aliphatic rings. The molecule has 0 spiro atoms. The maximum absolute atomic E-state index is 11.7. The van der Waals surface area contributed by atoms with Gasteiger partial charge in [0.05, 0.1) is 18.9 Å². The van der Waals surface area contributed by atoms with Gasteiger partial charge in [-0.1, -0.05) is 6.92 Å². The van der Waals surface area contributed by atoms with Gasteiger partial charge in [0.15, 0.2) is 0 Å². The number of nitrogens with zero attached hydrogens (tertiary/aromatic N) is 1. The average Bonchev–Trinajstić information content (AvgIpc) is 2.20. The molecule has 1 heterocycles. The van der Waals surface area contributed by atoms with Crippen LogP contribution in [0.4, 0.5) is 0 Å². The minimum absolute atomic E-state index is 0.0640. The van der Waals surface area contributed by atoms with Crippen molar-refractivity contribution in [2.45, 2.75) is 19.8 Å². The molecule has 80 valence electrons. The van der Waals surface area contributed by atoms with Crippen LogP contribution in [0.25, 0.3) is 0 Å². The number of esters is 1. The van der Waals surface area contributed by atoms with Crippen molar-refractivity contribution in [2.24, 2.45) is 11.8 Å². The Hall–Kier alpha value is -1.06. The third-order valence-electron chi connectivity index (χ3n) is 2.90. The maximum Gasteiger partial charge on any atom is 0.309 e. The molecule has 0 aromatic rings. The fraction of sp³-hybridized carbons (Fsp3) is 0.800. The number of amides is 1. The molecular formula is C10H17NO3. The van der Waals surface area contributed by atoms with E-state index in [-0.39, 0.29) is 23.7 Å². The Morgan fingerprint density at radius 1 is 1.64 bits per heavy atom. The van der Waals surface area contributed by atoms with Crippen molar-refractivity contribution in [3.05, 3.63) is 0 Å². The number of methoxy groups -OCH3 is 1. The zero-order chi connectivity index (χ0) is 10.7. The highest BCUT2D eigenvalue weighted by Crippen LogP contribution is 2.27. The first-order chi connectivity index (χ1) is 6.61. The van der Waals surface area contributed by atoms with Crippen molar-refractivity contribution in [3.8, 4) is 0 Å². The van der Waals surface area contributed by atoms with E-state index in [4.69, 9.17) is 4.74 Å². The second kappa shape index (κ2) is 4.44. The highest BCUT2D eigenvalue weighted by molar-refractivity contribution is 5.86. The van der Waals surface area contributed by atoms with Gasteiger partial charge in [-0.15, -0.1) is 0 Å². The van der Waals surface area contributed by atoms with Crippen LogP contribution in [-0.4, -0.2) is 37.5 Å². The molecule has 4 nitrogen and oxygen atoms in total. The van der Waals surface area contributed by atoms with Gasteiger partial charge >= 0.3 is 5.97 Å². The van der Waals surface area contributed by atoms with Crippen LogP contribution in [0.2, 0.25) is 0 Å². The molecule has 0 aromatic heterocycles. The summed E-state index contributed by atoms with van der Waals surface area (Å²) in [5.74, 6) is -0.623. The molecule has 0 bridgehead atoms. The third kappa shape index (κ3) is 1.89. The van der Waals surface area contributed by atoms with Crippen molar-refractivity contribution in [1.82, 2.24) is 4.90 Å². The third-order valence-corrected chi connectivity index (χ3v) is 2.90. The number of rotatable bonds is 2. The van der Waals surface area contributed by atoms with Gasteiger partial charge in [-0.2, -0.15) is 0 Å². The van der Waals surface area contributed by atoms with E-state index in [1.165, 1.54) is 7.11 Å². The average molecular weight is 199 g/mol. The minimum Gasteiger partial charge on any atom is -0.469 e. The van der Waals surface area contributed by atoms with Gasteiger partial charge in [0.2, 0.25) is 5.91 Å². The molecule has 2 atom stereocenters. The number of carbonyl (C=O) groups excluding carboxylic acids is 2. The molecule has 0 aliphatic carbocycles. The highest BCUT2D eigenvalue weighted by Gasteiger charge is 2.38. The maximum atomic E-state index is 11.7. The normalized spacial score (nSPS) is 27.6. The smallest absolute Gasteiger partial charge is 0.309 e. The summed E-state index contributed by atoms with van der Waals surface area (Å²) in [5.41, 5.74) is 0. The van der Waals surface area contributed by atoms with Crippen molar-refractivity contribution >= 4 is 11.9 Å². The SMILES string of the molecule is CC[C@@H]1C(=O)N(C)CC[C@H]1C(=O)OC. The summed E-state index contributed by atoms with van der Waals surface area (Å²) >= 11 is 0. The fourth-order valence-corrected chi connectivity index (χ4v) is 1.99. The van der Waals surface area contributed by atoms with E-state index >= 15 is 0 Å². The summed E-state index contributed by atoms with van der Waals surface area (Å²) in [6.45, 7) is 2.58. The van der Waals surface area contributed by atoms with Crippen LogP contribution >= 0.6 is 0 Å². The largest absolute Gasteiger partial charge is 0.469 e. The molecule has 0 saturated carbocycles. The minimum atomic E-state index is -0.252. The standard InChI is InChI=1S/C10H17NO3/c1-4-7-8(10(13)14-3)5-6-11(2)9(7)12/h7-8H,4-6H2,1-3H3/t7-,8+/m0/s1. The Morgan fingerprint density at radius 2 is 2.29 bits per heavy atom. The lowest BCUT2D eigenvalue weighted by atomic mass is 9.83. The molecule has 0 unspecified atom stereocenters. The summed E-state index contributed by atoms with van der Waals surface area (Å²) in [4.78, 5) is 24.8. The Balaban J connectivity index is 2.77. The Labute approximate surface area is 84.2 Å². The number of carbonyl (C=O) groups is 2. The zero-order valence-electron chi connectivity index (χ0n) is 8.95. The number of ether oxygens (including phenoxy) is 1.